The normalized spacial score (nSPS) is 17.9. The van der Waals surface area contributed by atoms with Gasteiger partial charge in [-0.2, -0.15) is 0 Å². The highest BCUT2D eigenvalue weighted by Crippen LogP contribution is 2.31. The Morgan fingerprint density at radius 2 is 1.69 bits per heavy atom. The SMILES string of the molecule is CC1(c2ccc(S(=O)(=O)NCC[C@H](O)c3ccccc3)cc2)OCCO1. The summed E-state index contributed by atoms with van der Waals surface area (Å²) in [4.78, 5) is 0.164. The van der Waals surface area contributed by atoms with Crippen molar-refractivity contribution >= 4 is 10.0 Å². The molecule has 0 aromatic heterocycles. The number of aliphatic hydroxyl groups is 1. The fourth-order valence-electron chi connectivity index (χ4n) is 2.87. The molecule has 2 aromatic carbocycles. The molecule has 3 rings (SSSR count). The second-order valence-electron chi connectivity index (χ2n) is 6.28. The first-order chi connectivity index (χ1) is 12.4. The fourth-order valence-corrected chi connectivity index (χ4v) is 3.92. The van der Waals surface area contributed by atoms with Crippen molar-refractivity contribution < 1.29 is 23.0 Å². The van der Waals surface area contributed by atoms with Crippen molar-refractivity contribution in [2.45, 2.75) is 30.1 Å². The maximum atomic E-state index is 12.4. The number of hydrogen-bond acceptors (Lipinski definition) is 5. The van der Waals surface area contributed by atoms with Crippen molar-refractivity contribution in [1.29, 1.82) is 0 Å². The molecule has 1 heterocycles. The van der Waals surface area contributed by atoms with E-state index < -0.39 is 21.9 Å². The molecule has 1 aliphatic heterocycles. The fraction of sp³-hybridized carbons (Fsp3) is 0.368. The minimum absolute atomic E-state index is 0.143. The molecule has 0 bridgehead atoms. The first-order valence-corrected chi connectivity index (χ1v) is 10.0. The van der Waals surface area contributed by atoms with Crippen LogP contribution in [0.25, 0.3) is 0 Å². The molecule has 2 N–H and O–H groups in total. The van der Waals surface area contributed by atoms with E-state index in [-0.39, 0.29) is 11.4 Å². The molecule has 1 fully saturated rings. The van der Waals surface area contributed by atoms with Crippen molar-refractivity contribution in [3.05, 3.63) is 65.7 Å². The van der Waals surface area contributed by atoms with Gasteiger partial charge in [0.05, 0.1) is 24.2 Å². The molecule has 0 radical (unpaired) electrons. The average Bonchev–Trinajstić information content (AvgIpc) is 3.10. The van der Waals surface area contributed by atoms with Crippen molar-refractivity contribution in [3.63, 3.8) is 0 Å². The van der Waals surface area contributed by atoms with E-state index in [9.17, 15) is 13.5 Å². The summed E-state index contributed by atoms with van der Waals surface area (Å²) in [6.07, 6.45) is -0.418. The standard InChI is InChI=1S/C19H23NO5S/c1-19(24-13-14-25-19)16-7-9-17(10-8-16)26(22,23)20-12-11-18(21)15-5-3-2-4-6-15/h2-10,18,20-21H,11-14H2,1H3/t18-/m0/s1. The zero-order valence-corrected chi connectivity index (χ0v) is 15.4. The van der Waals surface area contributed by atoms with Gasteiger partial charge in [0.15, 0.2) is 5.79 Å². The quantitative estimate of drug-likeness (QED) is 0.773. The van der Waals surface area contributed by atoms with E-state index in [1.807, 2.05) is 37.3 Å². The van der Waals surface area contributed by atoms with Crippen molar-refractivity contribution in [2.24, 2.45) is 0 Å². The Morgan fingerprint density at radius 1 is 1.08 bits per heavy atom. The Hall–Kier alpha value is -1.77. The van der Waals surface area contributed by atoms with Crippen LogP contribution < -0.4 is 4.72 Å². The molecule has 26 heavy (non-hydrogen) atoms. The first-order valence-electron chi connectivity index (χ1n) is 8.52. The van der Waals surface area contributed by atoms with Crippen LogP contribution in [0.1, 0.15) is 30.6 Å². The zero-order valence-electron chi connectivity index (χ0n) is 14.6. The third-order valence-corrected chi connectivity index (χ3v) is 5.90. The van der Waals surface area contributed by atoms with Crippen molar-refractivity contribution in [2.75, 3.05) is 19.8 Å². The van der Waals surface area contributed by atoms with Gasteiger partial charge in [-0.15, -0.1) is 0 Å². The van der Waals surface area contributed by atoms with E-state index >= 15 is 0 Å². The Labute approximate surface area is 153 Å². The highest BCUT2D eigenvalue weighted by Gasteiger charge is 2.33. The van der Waals surface area contributed by atoms with E-state index in [1.165, 1.54) is 12.1 Å². The van der Waals surface area contributed by atoms with Crippen LogP contribution in [0.2, 0.25) is 0 Å². The summed E-state index contributed by atoms with van der Waals surface area (Å²) in [5.41, 5.74) is 1.54. The molecule has 0 spiro atoms. The topological polar surface area (TPSA) is 84.9 Å². The Kier molecular flexibility index (Phi) is 5.74. The highest BCUT2D eigenvalue weighted by molar-refractivity contribution is 7.89. The highest BCUT2D eigenvalue weighted by atomic mass is 32.2. The molecule has 140 valence electrons. The average molecular weight is 377 g/mol. The van der Waals surface area contributed by atoms with Crippen LogP contribution in [0.5, 0.6) is 0 Å². The summed E-state index contributed by atoms with van der Waals surface area (Å²) < 4.78 is 38.5. The van der Waals surface area contributed by atoms with E-state index in [1.54, 1.807) is 12.1 Å². The molecular formula is C19H23NO5S. The molecule has 0 amide bonds. The van der Waals surface area contributed by atoms with E-state index in [4.69, 9.17) is 9.47 Å². The predicted molar refractivity (Wildman–Crippen MR) is 96.9 cm³/mol. The van der Waals surface area contributed by atoms with E-state index in [2.05, 4.69) is 4.72 Å². The maximum absolute atomic E-state index is 12.4. The lowest BCUT2D eigenvalue weighted by molar-refractivity contribution is -0.149. The van der Waals surface area contributed by atoms with Gasteiger partial charge in [-0.1, -0.05) is 42.5 Å². The van der Waals surface area contributed by atoms with E-state index in [0.717, 1.165) is 11.1 Å². The van der Waals surface area contributed by atoms with Gasteiger partial charge in [0.2, 0.25) is 10.0 Å². The Bertz CT molecular complexity index is 815. The van der Waals surface area contributed by atoms with Crippen LogP contribution in [0.15, 0.2) is 59.5 Å². The van der Waals surface area contributed by atoms with Crippen molar-refractivity contribution in [1.82, 2.24) is 4.72 Å². The van der Waals surface area contributed by atoms with Crippen LogP contribution in [0, 0.1) is 0 Å². The summed E-state index contributed by atoms with van der Waals surface area (Å²) in [7, 11) is -3.64. The van der Waals surface area contributed by atoms with Crippen LogP contribution in [0.3, 0.4) is 0 Å². The largest absolute Gasteiger partial charge is 0.388 e. The molecule has 0 aliphatic carbocycles. The van der Waals surface area contributed by atoms with E-state index in [0.29, 0.717) is 19.6 Å². The summed E-state index contributed by atoms with van der Waals surface area (Å²) in [5.74, 6) is -0.824. The van der Waals surface area contributed by atoms with Crippen LogP contribution in [0.4, 0.5) is 0 Å². The Balaban J connectivity index is 1.59. The number of sulfonamides is 1. The number of rotatable bonds is 7. The molecule has 0 saturated carbocycles. The number of hydrogen-bond donors (Lipinski definition) is 2. The lowest BCUT2D eigenvalue weighted by atomic mass is 10.1. The number of benzene rings is 2. The monoisotopic (exact) mass is 377 g/mol. The third kappa shape index (κ3) is 4.31. The smallest absolute Gasteiger partial charge is 0.240 e. The third-order valence-electron chi connectivity index (χ3n) is 4.42. The zero-order chi connectivity index (χ0) is 18.6. The summed E-state index contributed by atoms with van der Waals surface area (Å²) in [6, 6.07) is 15.6. The minimum atomic E-state index is -3.64. The second-order valence-corrected chi connectivity index (χ2v) is 8.05. The van der Waals surface area contributed by atoms with Gasteiger partial charge in [0.1, 0.15) is 0 Å². The molecule has 1 saturated heterocycles. The first kappa shape index (κ1) is 19.0. The van der Waals surface area contributed by atoms with Gasteiger partial charge in [-0.25, -0.2) is 13.1 Å². The summed E-state index contributed by atoms with van der Waals surface area (Å²) >= 11 is 0. The Morgan fingerprint density at radius 3 is 2.31 bits per heavy atom. The van der Waals surface area contributed by atoms with Crippen LogP contribution in [-0.2, 0) is 25.3 Å². The molecular weight excluding hydrogens is 354 g/mol. The molecule has 6 nitrogen and oxygen atoms in total. The van der Waals surface area contributed by atoms with Gasteiger partial charge in [0.25, 0.3) is 0 Å². The second kappa shape index (κ2) is 7.85. The van der Waals surface area contributed by atoms with Crippen LogP contribution >= 0.6 is 0 Å². The molecule has 2 aromatic rings. The molecule has 1 aliphatic rings. The van der Waals surface area contributed by atoms with Gasteiger partial charge in [-0.3, -0.25) is 0 Å². The summed E-state index contributed by atoms with van der Waals surface area (Å²) in [5, 5.41) is 10.1. The lowest BCUT2D eigenvalue weighted by Crippen LogP contribution is -2.26. The predicted octanol–water partition coefficient (Wildman–Crippen LogP) is 2.31. The number of aliphatic hydroxyl groups excluding tert-OH is 1. The van der Waals surface area contributed by atoms with Gasteiger partial charge in [-0.05, 0) is 31.0 Å². The van der Waals surface area contributed by atoms with Crippen LogP contribution in [-0.4, -0.2) is 33.3 Å². The summed E-state index contributed by atoms with van der Waals surface area (Å²) in [6.45, 7) is 2.99. The van der Waals surface area contributed by atoms with Gasteiger partial charge < -0.3 is 14.6 Å². The number of nitrogens with one attached hydrogen (secondary N) is 1. The van der Waals surface area contributed by atoms with Gasteiger partial charge in [0, 0.05) is 12.1 Å². The molecule has 1 atom stereocenters. The maximum Gasteiger partial charge on any atom is 0.240 e. The molecule has 7 heteroatoms. The number of ether oxygens (including phenoxy) is 2. The molecule has 0 unspecified atom stereocenters. The minimum Gasteiger partial charge on any atom is -0.388 e. The van der Waals surface area contributed by atoms with Gasteiger partial charge >= 0.3 is 0 Å². The lowest BCUT2D eigenvalue weighted by Gasteiger charge is -2.22. The van der Waals surface area contributed by atoms with Crippen molar-refractivity contribution in [3.8, 4) is 0 Å².